The molecule has 1 heteroatoms. The Morgan fingerprint density at radius 3 is 2.79 bits per heavy atom. The van der Waals surface area contributed by atoms with Crippen molar-refractivity contribution in [2.75, 3.05) is 6.61 Å². The van der Waals surface area contributed by atoms with E-state index in [1.165, 1.54) is 0 Å². The van der Waals surface area contributed by atoms with Crippen LogP contribution in [0.3, 0.4) is 0 Å². The maximum atomic E-state index is 8.47. The molecule has 74 valence electrons. The number of aliphatic hydroxyl groups is 1. The van der Waals surface area contributed by atoms with Gasteiger partial charge in [-0.15, -0.1) is 0 Å². The zero-order valence-electron chi connectivity index (χ0n) is 8.59. The number of hydrogen-bond acceptors (Lipinski definition) is 1. The SMILES string of the molecule is CCC=CC=CC#CC#CCCCO. The predicted octanol–water partition coefficient (Wildman–Crippen LogP) is 2.29. The van der Waals surface area contributed by atoms with E-state index in [9.17, 15) is 0 Å². The molecular formula is C13H16O. The normalized spacial score (nSPS) is 9.57. The lowest BCUT2D eigenvalue weighted by molar-refractivity contribution is 0.290. The van der Waals surface area contributed by atoms with Gasteiger partial charge in [0.1, 0.15) is 0 Å². The van der Waals surface area contributed by atoms with Crippen LogP contribution in [-0.4, -0.2) is 11.7 Å². The van der Waals surface area contributed by atoms with Crippen LogP contribution in [-0.2, 0) is 0 Å². The Balaban J connectivity index is 3.64. The average molecular weight is 188 g/mol. The lowest BCUT2D eigenvalue weighted by atomic mass is 10.3. The Morgan fingerprint density at radius 2 is 2.07 bits per heavy atom. The number of aliphatic hydroxyl groups excluding tert-OH is 1. The van der Waals surface area contributed by atoms with E-state index in [-0.39, 0.29) is 6.61 Å². The fraction of sp³-hybridized carbons (Fsp3) is 0.385. The van der Waals surface area contributed by atoms with E-state index in [1.54, 1.807) is 6.08 Å². The summed E-state index contributed by atoms with van der Waals surface area (Å²) in [5.41, 5.74) is 0. The maximum absolute atomic E-state index is 8.47. The molecule has 14 heavy (non-hydrogen) atoms. The van der Waals surface area contributed by atoms with Crippen LogP contribution < -0.4 is 0 Å². The molecule has 0 heterocycles. The standard InChI is InChI=1S/C13H16O/c1-2-3-4-5-6-7-8-9-10-11-12-13-14/h3-6,14H,2,11-13H2,1H3. The molecular weight excluding hydrogens is 172 g/mol. The second-order valence-electron chi connectivity index (χ2n) is 2.59. The van der Waals surface area contributed by atoms with Gasteiger partial charge in [-0.25, -0.2) is 0 Å². The number of unbranched alkanes of at least 4 members (excludes halogenated alkanes) is 1. The molecule has 0 radical (unpaired) electrons. The van der Waals surface area contributed by atoms with Gasteiger partial charge in [0.25, 0.3) is 0 Å². The van der Waals surface area contributed by atoms with Crippen LogP contribution in [0.15, 0.2) is 24.3 Å². The highest BCUT2D eigenvalue weighted by Crippen LogP contribution is 1.82. The predicted molar refractivity (Wildman–Crippen MR) is 60.4 cm³/mol. The molecule has 0 bridgehead atoms. The van der Waals surface area contributed by atoms with E-state index < -0.39 is 0 Å². The minimum atomic E-state index is 0.198. The number of rotatable bonds is 4. The summed E-state index contributed by atoms with van der Waals surface area (Å²) in [6, 6.07) is 0. The van der Waals surface area contributed by atoms with Crippen molar-refractivity contribution in [3.05, 3.63) is 24.3 Å². The average Bonchev–Trinajstić information content (AvgIpc) is 2.21. The Hall–Kier alpha value is -1.44. The van der Waals surface area contributed by atoms with Gasteiger partial charge in [-0.2, -0.15) is 0 Å². The lowest BCUT2D eigenvalue weighted by Crippen LogP contribution is -1.77. The minimum absolute atomic E-state index is 0.198. The van der Waals surface area contributed by atoms with Crippen molar-refractivity contribution in [2.45, 2.75) is 26.2 Å². The van der Waals surface area contributed by atoms with Crippen molar-refractivity contribution in [3.63, 3.8) is 0 Å². The minimum Gasteiger partial charge on any atom is -0.396 e. The first-order chi connectivity index (χ1) is 6.91. The van der Waals surface area contributed by atoms with E-state index in [2.05, 4.69) is 36.7 Å². The number of hydrogen-bond donors (Lipinski definition) is 1. The van der Waals surface area contributed by atoms with Crippen LogP contribution in [0, 0.1) is 23.7 Å². The molecule has 0 fully saturated rings. The third-order valence-corrected chi connectivity index (χ3v) is 1.35. The highest BCUT2D eigenvalue weighted by Gasteiger charge is 1.74. The van der Waals surface area contributed by atoms with Gasteiger partial charge >= 0.3 is 0 Å². The highest BCUT2D eigenvalue weighted by molar-refractivity contribution is 5.31. The van der Waals surface area contributed by atoms with E-state index in [4.69, 9.17) is 5.11 Å². The lowest BCUT2D eigenvalue weighted by Gasteiger charge is -1.80. The molecule has 0 spiro atoms. The summed E-state index contributed by atoms with van der Waals surface area (Å²) in [6.07, 6.45) is 10.2. The van der Waals surface area contributed by atoms with Crippen molar-refractivity contribution in [1.82, 2.24) is 0 Å². The summed E-state index contributed by atoms with van der Waals surface area (Å²) < 4.78 is 0. The first-order valence-electron chi connectivity index (χ1n) is 4.82. The van der Waals surface area contributed by atoms with Gasteiger partial charge in [0.2, 0.25) is 0 Å². The molecule has 0 aromatic heterocycles. The zero-order valence-corrected chi connectivity index (χ0v) is 8.59. The Labute approximate surface area is 86.5 Å². The van der Waals surface area contributed by atoms with Crippen molar-refractivity contribution in [1.29, 1.82) is 0 Å². The summed E-state index contributed by atoms with van der Waals surface area (Å²) in [5.74, 6) is 11.1. The van der Waals surface area contributed by atoms with E-state index in [1.807, 2.05) is 12.2 Å². The Bertz CT molecular complexity index is 289. The summed E-state index contributed by atoms with van der Waals surface area (Å²) >= 11 is 0. The van der Waals surface area contributed by atoms with Crippen LogP contribution in [0.2, 0.25) is 0 Å². The second-order valence-corrected chi connectivity index (χ2v) is 2.59. The molecule has 0 aliphatic rings. The molecule has 0 unspecified atom stereocenters. The van der Waals surface area contributed by atoms with Gasteiger partial charge in [-0.05, 0) is 30.8 Å². The van der Waals surface area contributed by atoms with Gasteiger partial charge in [-0.1, -0.05) is 37.0 Å². The molecule has 0 aromatic carbocycles. The molecule has 0 amide bonds. The fourth-order valence-corrected chi connectivity index (χ4v) is 0.670. The third kappa shape index (κ3) is 10.6. The van der Waals surface area contributed by atoms with Crippen molar-refractivity contribution >= 4 is 0 Å². The quantitative estimate of drug-likeness (QED) is 0.408. The fourth-order valence-electron chi connectivity index (χ4n) is 0.670. The second kappa shape index (κ2) is 11.6. The highest BCUT2D eigenvalue weighted by atomic mass is 16.2. The van der Waals surface area contributed by atoms with Crippen LogP contribution in [0.1, 0.15) is 26.2 Å². The molecule has 0 aliphatic carbocycles. The zero-order chi connectivity index (χ0) is 10.5. The molecule has 0 saturated carbocycles. The molecule has 0 saturated heterocycles. The monoisotopic (exact) mass is 188 g/mol. The van der Waals surface area contributed by atoms with Crippen LogP contribution >= 0.6 is 0 Å². The third-order valence-electron chi connectivity index (χ3n) is 1.35. The van der Waals surface area contributed by atoms with Crippen molar-refractivity contribution in [3.8, 4) is 23.7 Å². The summed E-state index contributed by atoms with van der Waals surface area (Å²) in [6.45, 7) is 2.28. The van der Waals surface area contributed by atoms with Crippen molar-refractivity contribution < 1.29 is 5.11 Å². The Kier molecular flexibility index (Phi) is 10.4. The maximum Gasteiger partial charge on any atom is 0.0440 e. The molecule has 0 aliphatic heterocycles. The van der Waals surface area contributed by atoms with Gasteiger partial charge in [0.15, 0.2) is 0 Å². The first-order valence-corrected chi connectivity index (χ1v) is 4.82. The first kappa shape index (κ1) is 12.6. The van der Waals surface area contributed by atoms with Crippen LogP contribution in [0.5, 0.6) is 0 Å². The van der Waals surface area contributed by atoms with E-state index >= 15 is 0 Å². The van der Waals surface area contributed by atoms with E-state index in [0.717, 1.165) is 12.8 Å². The van der Waals surface area contributed by atoms with Gasteiger partial charge in [0.05, 0.1) is 0 Å². The van der Waals surface area contributed by atoms with Gasteiger partial charge in [-0.3, -0.25) is 0 Å². The Morgan fingerprint density at radius 1 is 1.21 bits per heavy atom. The summed E-state index contributed by atoms with van der Waals surface area (Å²) in [5, 5.41) is 8.47. The smallest absolute Gasteiger partial charge is 0.0440 e. The molecule has 1 N–H and O–H groups in total. The molecule has 0 aromatic rings. The largest absolute Gasteiger partial charge is 0.396 e. The van der Waals surface area contributed by atoms with E-state index in [0.29, 0.717) is 6.42 Å². The topological polar surface area (TPSA) is 20.2 Å². The molecule has 0 atom stereocenters. The molecule has 1 nitrogen and oxygen atoms in total. The molecule has 0 rings (SSSR count). The summed E-state index contributed by atoms with van der Waals surface area (Å²) in [7, 11) is 0. The van der Waals surface area contributed by atoms with Gasteiger partial charge < -0.3 is 5.11 Å². The van der Waals surface area contributed by atoms with Gasteiger partial charge in [0, 0.05) is 13.0 Å². The van der Waals surface area contributed by atoms with Crippen LogP contribution in [0.25, 0.3) is 0 Å². The van der Waals surface area contributed by atoms with Crippen molar-refractivity contribution in [2.24, 2.45) is 0 Å². The number of allylic oxidation sites excluding steroid dienone is 4. The van der Waals surface area contributed by atoms with Crippen LogP contribution in [0.4, 0.5) is 0 Å². The summed E-state index contributed by atoms with van der Waals surface area (Å²) in [4.78, 5) is 0.